The van der Waals surface area contributed by atoms with Gasteiger partial charge in [0.1, 0.15) is 0 Å². The summed E-state index contributed by atoms with van der Waals surface area (Å²) in [5.74, 6) is 0.684. The highest BCUT2D eigenvalue weighted by Crippen LogP contribution is 2.44. The van der Waals surface area contributed by atoms with E-state index in [2.05, 4.69) is 212 Å². The molecule has 0 saturated heterocycles. The number of pyridine rings is 1. The van der Waals surface area contributed by atoms with E-state index in [9.17, 15) is 0 Å². The molecule has 0 bridgehead atoms. The Balaban J connectivity index is 0.974. The average molecular weight is 820 g/mol. The number of benzene rings is 9. The second-order valence-electron chi connectivity index (χ2n) is 16.0. The number of nitrogens with zero attached hydrogens (tertiary/aromatic N) is 3. The molecule has 0 fully saturated rings. The largest absolute Gasteiger partial charge is 0.246 e. The molecule has 0 atom stereocenters. The Morgan fingerprint density at radius 2 is 0.810 bits per heavy atom. The molecular formula is C59H37N3S. The minimum Gasteiger partial charge on any atom is -0.246 e. The lowest BCUT2D eigenvalue weighted by molar-refractivity contribution is 1.18. The lowest BCUT2D eigenvalue weighted by atomic mass is 9.96. The van der Waals surface area contributed by atoms with E-state index in [1.165, 1.54) is 53.0 Å². The summed E-state index contributed by atoms with van der Waals surface area (Å²) < 4.78 is 2.54. The highest BCUT2D eigenvalue weighted by molar-refractivity contribution is 7.26. The topological polar surface area (TPSA) is 38.7 Å². The number of rotatable bonds is 7. The fraction of sp³-hybridized carbons (Fsp3) is 0. The van der Waals surface area contributed by atoms with E-state index in [1.54, 1.807) is 0 Å². The SMILES string of the molecule is c1ccc(-c2ccc(-c3cc(-c4cccc(-c5cccc(-c6nc7c8ccccc8ccc7c7sc8ccccc8c67)c5)c4)nc(-c4ccc(-c5ccccc5)cc4)n3)cc2)cc1. The van der Waals surface area contributed by atoms with Crippen LogP contribution in [0.4, 0.5) is 0 Å². The molecule has 0 unspecified atom stereocenters. The van der Waals surface area contributed by atoms with Crippen molar-refractivity contribution in [2.75, 3.05) is 0 Å². The highest BCUT2D eigenvalue weighted by atomic mass is 32.1. The number of hydrogen-bond donors (Lipinski definition) is 0. The molecule has 3 aromatic heterocycles. The van der Waals surface area contributed by atoms with Gasteiger partial charge in [0.05, 0.1) is 22.6 Å². The normalized spacial score (nSPS) is 11.5. The van der Waals surface area contributed by atoms with E-state index in [0.29, 0.717) is 5.82 Å². The molecule has 0 aliphatic carbocycles. The minimum absolute atomic E-state index is 0.684. The smallest absolute Gasteiger partial charge is 0.160 e. The summed E-state index contributed by atoms with van der Waals surface area (Å²) in [7, 11) is 0. The summed E-state index contributed by atoms with van der Waals surface area (Å²) in [6.07, 6.45) is 0. The van der Waals surface area contributed by atoms with Crippen molar-refractivity contribution < 1.29 is 0 Å². The van der Waals surface area contributed by atoms with Crippen LogP contribution in [0.15, 0.2) is 224 Å². The molecule has 0 aliphatic heterocycles. The molecule has 0 saturated carbocycles. The molecule has 63 heavy (non-hydrogen) atoms. The first-order valence-corrected chi connectivity index (χ1v) is 22.1. The second kappa shape index (κ2) is 15.4. The Hall–Kier alpha value is -8.05. The molecular weight excluding hydrogens is 783 g/mol. The first kappa shape index (κ1) is 36.8. The monoisotopic (exact) mass is 819 g/mol. The first-order valence-electron chi connectivity index (χ1n) is 21.2. The first-order chi connectivity index (χ1) is 31.2. The van der Waals surface area contributed by atoms with Crippen LogP contribution >= 0.6 is 11.3 Å². The van der Waals surface area contributed by atoms with E-state index in [4.69, 9.17) is 15.0 Å². The number of thiophene rings is 1. The number of fused-ring (bicyclic) bond motifs is 7. The molecule has 4 heteroatoms. The van der Waals surface area contributed by atoms with Gasteiger partial charge in [-0.05, 0) is 63.0 Å². The van der Waals surface area contributed by atoms with Gasteiger partial charge in [-0.2, -0.15) is 0 Å². The van der Waals surface area contributed by atoms with Crippen LogP contribution in [-0.4, -0.2) is 15.0 Å². The zero-order valence-corrected chi connectivity index (χ0v) is 34.9. The molecule has 0 amide bonds. The molecule has 12 aromatic rings. The summed E-state index contributed by atoms with van der Waals surface area (Å²) in [5, 5.41) is 6.00. The van der Waals surface area contributed by atoms with Crippen molar-refractivity contribution in [3.8, 4) is 78.5 Å². The Kier molecular flexibility index (Phi) is 9.02. The predicted molar refractivity (Wildman–Crippen MR) is 266 cm³/mol. The van der Waals surface area contributed by atoms with Crippen LogP contribution in [-0.2, 0) is 0 Å². The van der Waals surface area contributed by atoms with Crippen LogP contribution < -0.4 is 0 Å². The maximum absolute atomic E-state index is 5.54. The Bertz CT molecular complexity index is 3550. The third-order valence-electron chi connectivity index (χ3n) is 12.1. The van der Waals surface area contributed by atoms with Crippen LogP contribution in [0.3, 0.4) is 0 Å². The van der Waals surface area contributed by atoms with Gasteiger partial charge in [-0.25, -0.2) is 15.0 Å². The Labute approximate surface area is 369 Å². The lowest BCUT2D eigenvalue weighted by Gasteiger charge is -2.13. The molecule has 3 nitrogen and oxygen atoms in total. The maximum Gasteiger partial charge on any atom is 0.160 e. The quantitative estimate of drug-likeness (QED) is 0.150. The number of aromatic nitrogens is 3. The molecule has 9 aromatic carbocycles. The Morgan fingerprint density at radius 1 is 0.302 bits per heavy atom. The van der Waals surface area contributed by atoms with Gasteiger partial charge in [0.2, 0.25) is 0 Å². The van der Waals surface area contributed by atoms with Crippen molar-refractivity contribution in [3.05, 3.63) is 224 Å². The summed E-state index contributed by atoms with van der Waals surface area (Å²) >= 11 is 1.85. The summed E-state index contributed by atoms with van der Waals surface area (Å²) in [6, 6.07) is 79.6. The zero-order valence-electron chi connectivity index (χ0n) is 34.1. The van der Waals surface area contributed by atoms with Crippen molar-refractivity contribution in [2.24, 2.45) is 0 Å². The number of hydrogen-bond acceptors (Lipinski definition) is 4. The summed E-state index contributed by atoms with van der Waals surface area (Å²) in [5.41, 5.74) is 14.8. The van der Waals surface area contributed by atoms with Crippen molar-refractivity contribution in [3.63, 3.8) is 0 Å². The van der Waals surface area contributed by atoms with Crippen LogP contribution in [0.5, 0.6) is 0 Å². The fourth-order valence-corrected chi connectivity index (χ4v) is 10.1. The average Bonchev–Trinajstić information content (AvgIpc) is 3.77. The fourth-order valence-electron chi connectivity index (χ4n) is 8.89. The highest BCUT2D eigenvalue weighted by Gasteiger charge is 2.19. The molecule has 0 radical (unpaired) electrons. The van der Waals surface area contributed by atoms with E-state index < -0.39 is 0 Å². The predicted octanol–water partition coefficient (Wildman–Crippen LogP) is 16.2. The lowest BCUT2D eigenvalue weighted by Crippen LogP contribution is -1.96. The maximum atomic E-state index is 5.54. The second-order valence-corrected chi connectivity index (χ2v) is 17.0. The van der Waals surface area contributed by atoms with Gasteiger partial charge >= 0.3 is 0 Å². The van der Waals surface area contributed by atoms with E-state index in [0.717, 1.165) is 61.5 Å². The van der Waals surface area contributed by atoms with Crippen molar-refractivity contribution in [1.29, 1.82) is 0 Å². The summed E-state index contributed by atoms with van der Waals surface area (Å²) in [6.45, 7) is 0. The van der Waals surface area contributed by atoms with Gasteiger partial charge in [0.15, 0.2) is 5.82 Å². The van der Waals surface area contributed by atoms with Crippen molar-refractivity contribution in [1.82, 2.24) is 15.0 Å². The molecule has 12 rings (SSSR count). The van der Waals surface area contributed by atoms with Gasteiger partial charge in [-0.1, -0.05) is 200 Å². The summed E-state index contributed by atoms with van der Waals surface area (Å²) in [4.78, 5) is 16.0. The minimum atomic E-state index is 0.684. The van der Waals surface area contributed by atoms with E-state index >= 15 is 0 Å². The standard InChI is InChI=1S/C59H37N3S/c1-3-13-38(14-4-1)40-25-29-43(30-26-40)52-37-53(61-59(60-52)44-31-27-41(28-32-44)39-15-5-2-6-16-39)47-20-11-18-45(35-47)46-19-12-21-48(36-46)56-55-50-23-9-10-24-54(50)63-58(55)51-34-33-42-17-7-8-22-49(42)57(51)62-56/h1-37H. The van der Waals surface area contributed by atoms with Gasteiger partial charge in [0.25, 0.3) is 0 Å². The van der Waals surface area contributed by atoms with Gasteiger partial charge in [0, 0.05) is 53.2 Å². The molecule has 294 valence electrons. The molecule has 0 spiro atoms. The molecule has 0 N–H and O–H groups in total. The third kappa shape index (κ3) is 6.74. The molecule has 0 aliphatic rings. The van der Waals surface area contributed by atoms with Crippen LogP contribution in [0.2, 0.25) is 0 Å². The third-order valence-corrected chi connectivity index (χ3v) is 13.3. The van der Waals surface area contributed by atoms with Crippen LogP contribution in [0.1, 0.15) is 0 Å². The van der Waals surface area contributed by atoms with Crippen LogP contribution in [0.25, 0.3) is 120 Å². The van der Waals surface area contributed by atoms with Crippen molar-refractivity contribution in [2.45, 2.75) is 0 Å². The van der Waals surface area contributed by atoms with Gasteiger partial charge < -0.3 is 0 Å². The van der Waals surface area contributed by atoms with Gasteiger partial charge in [-0.15, -0.1) is 11.3 Å². The van der Waals surface area contributed by atoms with Gasteiger partial charge in [-0.3, -0.25) is 0 Å². The van der Waals surface area contributed by atoms with E-state index in [1.807, 2.05) is 23.5 Å². The zero-order chi connectivity index (χ0) is 41.7. The van der Waals surface area contributed by atoms with E-state index in [-0.39, 0.29) is 0 Å². The molecule has 3 heterocycles. The van der Waals surface area contributed by atoms with Crippen molar-refractivity contribution >= 4 is 53.2 Å². The Morgan fingerprint density at radius 3 is 1.51 bits per heavy atom. The van der Waals surface area contributed by atoms with Crippen LogP contribution in [0, 0.1) is 0 Å².